The standard InChI is InChI=1S/C19H31N5O3S/c1-20-19(21-18-13-17(18)15-5-3-2-4-6-15)23-8-10-24(11-9-23)28(25,26)14-16-7-12-27-22-16/h7,12,15,17-18H,2-6,8-11,13-14H2,1H3,(H,20,21). The Bertz CT molecular complexity index is 765. The van der Waals surface area contributed by atoms with Crippen molar-refractivity contribution in [3.05, 3.63) is 18.0 Å². The smallest absolute Gasteiger partial charge is 0.220 e. The highest BCUT2D eigenvalue weighted by atomic mass is 32.2. The molecule has 1 aromatic heterocycles. The highest BCUT2D eigenvalue weighted by Crippen LogP contribution is 2.44. The first kappa shape index (κ1) is 19.7. The van der Waals surface area contributed by atoms with Gasteiger partial charge in [-0.1, -0.05) is 37.3 Å². The van der Waals surface area contributed by atoms with Crippen LogP contribution in [0.25, 0.3) is 0 Å². The van der Waals surface area contributed by atoms with Crippen LogP contribution in [0.2, 0.25) is 0 Å². The summed E-state index contributed by atoms with van der Waals surface area (Å²) in [5.41, 5.74) is 0.447. The molecule has 2 unspecified atom stereocenters. The molecular weight excluding hydrogens is 378 g/mol. The van der Waals surface area contributed by atoms with Crippen LogP contribution in [0.4, 0.5) is 0 Å². The zero-order valence-electron chi connectivity index (χ0n) is 16.6. The van der Waals surface area contributed by atoms with E-state index in [1.807, 2.05) is 7.05 Å². The monoisotopic (exact) mass is 409 g/mol. The van der Waals surface area contributed by atoms with Gasteiger partial charge in [0.1, 0.15) is 12.0 Å². The molecule has 2 aliphatic carbocycles. The molecule has 1 aromatic rings. The quantitative estimate of drug-likeness (QED) is 0.588. The Balaban J connectivity index is 1.27. The Kier molecular flexibility index (Phi) is 5.91. The number of aliphatic imine (C=N–C) groups is 1. The summed E-state index contributed by atoms with van der Waals surface area (Å²) in [6.45, 7) is 2.24. The second-order valence-electron chi connectivity index (χ2n) is 8.23. The molecule has 28 heavy (non-hydrogen) atoms. The maximum absolute atomic E-state index is 12.6. The fourth-order valence-corrected chi connectivity index (χ4v) is 6.12. The minimum absolute atomic E-state index is 0.110. The van der Waals surface area contributed by atoms with Gasteiger partial charge in [0, 0.05) is 45.3 Å². The van der Waals surface area contributed by atoms with Crippen LogP contribution >= 0.6 is 0 Å². The first-order chi connectivity index (χ1) is 13.6. The Morgan fingerprint density at radius 2 is 2.00 bits per heavy atom. The summed E-state index contributed by atoms with van der Waals surface area (Å²) in [5.74, 6) is 2.47. The molecule has 2 saturated carbocycles. The molecule has 0 spiro atoms. The van der Waals surface area contributed by atoms with Gasteiger partial charge in [-0.25, -0.2) is 8.42 Å². The summed E-state index contributed by atoms with van der Waals surface area (Å²) in [6, 6.07) is 2.13. The number of hydrogen-bond acceptors (Lipinski definition) is 5. The fourth-order valence-electron chi connectivity index (χ4n) is 4.70. The van der Waals surface area contributed by atoms with Gasteiger partial charge >= 0.3 is 0 Å². The van der Waals surface area contributed by atoms with Crippen molar-refractivity contribution >= 4 is 16.0 Å². The van der Waals surface area contributed by atoms with Crippen LogP contribution in [0.1, 0.15) is 44.2 Å². The minimum atomic E-state index is -3.37. The SMILES string of the molecule is CN=C(NC1CC1C1CCCCC1)N1CCN(S(=O)(=O)Cc2ccon2)CC1. The fraction of sp³-hybridized carbons (Fsp3) is 0.789. The summed E-state index contributed by atoms with van der Waals surface area (Å²) in [7, 11) is -1.56. The van der Waals surface area contributed by atoms with Crippen molar-refractivity contribution in [3.8, 4) is 0 Å². The Hall–Kier alpha value is -1.61. The predicted molar refractivity (Wildman–Crippen MR) is 107 cm³/mol. The zero-order valence-corrected chi connectivity index (χ0v) is 17.4. The van der Waals surface area contributed by atoms with Crippen LogP contribution in [0.15, 0.2) is 21.8 Å². The van der Waals surface area contributed by atoms with Crippen molar-refractivity contribution in [3.63, 3.8) is 0 Å². The molecule has 0 radical (unpaired) electrons. The first-order valence-electron chi connectivity index (χ1n) is 10.4. The van der Waals surface area contributed by atoms with E-state index in [4.69, 9.17) is 4.52 Å². The lowest BCUT2D eigenvalue weighted by Gasteiger charge is -2.36. The highest BCUT2D eigenvalue weighted by molar-refractivity contribution is 7.88. The van der Waals surface area contributed by atoms with E-state index in [0.29, 0.717) is 37.9 Å². The van der Waals surface area contributed by atoms with Crippen molar-refractivity contribution in [2.45, 2.75) is 50.3 Å². The molecule has 1 N–H and O–H groups in total. The van der Waals surface area contributed by atoms with Crippen molar-refractivity contribution in [1.29, 1.82) is 0 Å². The third-order valence-electron chi connectivity index (χ3n) is 6.37. The second kappa shape index (κ2) is 8.41. The molecule has 3 fully saturated rings. The third kappa shape index (κ3) is 4.51. The first-order valence-corrected chi connectivity index (χ1v) is 12.0. The van der Waals surface area contributed by atoms with Crippen LogP contribution in [0.3, 0.4) is 0 Å². The Morgan fingerprint density at radius 3 is 2.64 bits per heavy atom. The lowest BCUT2D eigenvalue weighted by atomic mass is 9.85. The van der Waals surface area contributed by atoms with E-state index >= 15 is 0 Å². The summed E-state index contributed by atoms with van der Waals surface area (Å²) in [5, 5.41) is 7.35. The van der Waals surface area contributed by atoms with Gasteiger partial charge in [0.2, 0.25) is 10.0 Å². The molecule has 9 heteroatoms. The predicted octanol–water partition coefficient (Wildman–Crippen LogP) is 1.67. The van der Waals surface area contributed by atoms with Gasteiger partial charge in [0.15, 0.2) is 5.96 Å². The van der Waals surface area contributed by atoms with Crippen LogP contribution < -0.4 is 5.32 Å². The number of nitrogens with one attached hydrogen (secondary N) is 1. The van der Waals surface area contributed by atoms with Crippen LogP contribution in [0, 0.1) is 11.8 Å². The van der Waals surface area contributed by atoms with Crippen LogP contribution in [0.5, 0.6) is 0 Å². The summed E-state index contributed by atoms with van der Waals surface area (Å²) in [4.78, 5) is 6.64. The molecule has 0 aromatic carbocycles. The number of rotatable bonds is 5. The molecule has 0 bridgehead atoms. The largest absolute Gasteiger partial charge is 0.364 e. The maximum Gasteiger partial charge on any atom is 0.220 e. The molecule has 1 aliphatic heterocycles. The number of hydrogen-bond donors (Lipinski definition) is 1. The van der Waals surface area contributed by atoms with Gasteiger partial charge in [-0.2, -0.15) is 4.31 Å². The van der Waals surface area contributed by atoms with E-state index in [1.165, 1.54) is 44.8 Å². The maximum atomic E-state index is 12.6. The van der Waals surface area contributed by atoms with Gasteiger partial charge in [-0.15, -0.1) is 0 Å². The molecule has 156 valence electrons. The normalized spacial score (nSPS) is 27.8. The van der Waals surface area contributed by atoms with Gasteiger partial charge in [0.05, 0.1) is 5.69 Å². The molecule has 3 aliphatic rings. The van der Waals surface area contributed by atoms with E-state index in [1.54, 1.807) is 10.4 Å². The third-order valence-corrected chi connectivity index (χ3v) is 8.19. The molecule has 2 atom stereocenters. The van der Waals surface area contributed by atoms with Crippen molar-refractivity contribution in [1.82, 2.24) is 19.7 Å². The van der Waals surface area contributed by atoms with E-state index in [2.05, 4.69) is 20.4 Å². The zero-order chi connectivity index (χ0) is 19.6. The van der Waals surface area contributed by atoms with Crippen molar-refractivity contribution in [2.24, 2.45) is 16.8 Å². The number of guanidine groups is 1. The number of nitrogens with zero attached hydrogens (tertiary/aromatic N) is 4. The lowest BCUT2D eigenvalue weighted by molar-refractivity contribution is 0.258. The number of aromatic nitrogens is 1. The lowest BCUT2D eigenvalue weighted by Crippen LogP contribution is -2.54. The minimum Gasteiger partial charge on any atom is -0.364 e. The Labute approximate surface area is 167 Å². The average Bonchev–Trinajstić information content (AvgIpc) is 3.31. The van der Waals surface area contributed by atoms with Gasteiger partial charge in [-0.05, 0) is 18.3 Å². The van der Waals surface area contributed by atoms with Gasteiger partial charge in [-0.3, -0.25) is 4.99 Å². The number of sulfonamides is 1. The molecule has 2 heterocycles. The molecule has 4 rings (SSSR count). The summed E-state index contributed by atoms with van der Waals surface area (Å²) < 4.78 is 31.5. The molecule has 0 amide bonds. The Morgan fingerprint density at radius 1 is 1.25 bits per heavy atom. The summed E-state index contributed by atoms with van der Waals surface area (Å²) >= 11 is 0. The van der Waals surface area contributed by atoms with Crippen LogP contribution in [-0.2, 0) is 15.8 Å². The number of piperazine rings is 1. The second-order valence-corrected chi connectivity index (χ2v) is 10.2. The highest BCUT2D eigenvalue weighted by Gasteiger charge is 2.44. The molecule has 1 saturated heterocycles. The molecule has 8 nitrogen and oxygen atoms in total. The van der Waals surface area contributed by atoms with E-state index in [-0.39, 0.29) is 5.75 Å². The van der Waals surface area contributed by atoms with Crippen molar-refractivity contribution in [2.75, 3.05) is 33.2 Å². The summed E-state index contributed by atoms with van der Waals surface area (Å²) in [6.07, 6.45) is 9.56. The van der Waals surface area contributed by atoms with Crippen LogP contribution in [-0.4, -0.2) is 68.0 Å². The van der Waals surface area contributed by atoms with E-state index in [0.717, 1.165) is 17.8 Å². The van der Waals surface area contributed by atoms with Gasteiger partial charge in [0.25, 0.3) is 0 Å². The average molecular weight is 410 g/mol. The molecular formula is C19H31N5O3S. The van der Waals surface area contributed by atoms with E-state index < -0.39 is 10.0 Å². The van der Waals surface area contributed by atoms with Gasteiger partial charge < -0.3 is 14.7 Å². The topological polar surface area (TPSA) is 91.0 Å². The van der Waals surface area contributed by atoms with Crippen molar-refractivity contribution < 1.29 is 12.9 Å². The van der Waals surface area contributed by atoms with E-state index in [9.17, 15) is 8.42 Å².